The van der Waals surface area contributed by atoms with Crippen molar-refractivity contribution in [1.29, 1.82) is 0 Å². The van der Waals surface area contributed by atoms with Gasteiger partial charge in [-0.2, -0.15) is 0 Å². The van der Waals surface area contributed by atoms with Gasteiger partial charge in [0.05, 0.1) is 13.3 Å². The number of hydrogen-bond acceptors (Lipinski definition) is 4. The van der Waals surface area contributed by atoms with Crippen LogP contribution in [-0.2, 0) is 4.74 Å². The molecule has 0 amide bonds. The molecule has 0 unspecified atom stereocenters. The Bertz CT molecular complexity index is 494. The maximum atomic E-state index is 11.3. The Hall–Kier alpha value is -1.62. The Morgan fingerprint density at radius 1 is 1.57 bits per heavy atom. The predicted molar refractivity (Wildman–Crippen MR) is 49.3 cm³/mol. The third-order valence-corrected chi connectivity index (χ3v) is 2.04. The molecule has 2 rings (SSSR count). The summed E-state index contributed by atoms with van der Waals surface area (Å²) in [6.45, 7) is 0. The normalized spacial score (nSPS) is 10.4. The number of aromatic nitrogens is 3. The minimum atomic E-state index is -0.530. The molecule has 0 saturated carbocycles. The standard InChI is InChI=1S/C8H6ClN3O2/c1-14-8(13)6-7-11-4-5(9)12(7)3-2-10-6/h2-4H,1H3. The molecular formula is C8H6ClN3O2. The second kappa shape index (κ2) is 3.26. The highest BCUT2D eigenvalue weighted by Crippen LogP contribution is 2.14. The third kappa shape index (κ3) is 1.22. The van der Waals surface area contributed by atoms with Gasteiger partial charge in [-0.15, -0.1) is 0 Å². The summed E-state index contributed by atoms with van der Waals surface area (Å²) in [7, 11) is 1.29. The van der Waals surface area contributed by atoms with E-state index in [1.165, 1.54) is 19.5 Å². The lowest BCUT2D eigenvalue weighted by molar-refractivity contribution is 0.0595. The van der Waals surface area contributed by atoms with E-state index in [1.54, 1.807) is 10.6 Å². The second-order valence-electron chi connectivity index (χ2n) is 2.54. The molecule has 0 aliphatic heterocycles. The van der Waals surface area contributed by atoms with E-state index in [0.29, 0.717) is 10.8 Å². The highest BCUT2D eigenvalue weighted by molar-refractivity contribution is 6.29. The summed E-state index contributed by atoms with van der Waals surface area (Å²) in [5.74, 6) is -0.530. The molecule has 6 heteroatoms. The van der Waals surface area contributed by atoms with Gasteiger partial charge in [-0.3, -0.25) is 4.40 Å². The number of carbonyl (C=O) groups excluding carboxylic acids is 1. The molecule has 2 aromatic heterocycles. The lowest BCUT2D eigenvalue weighted by atomic mass is 10.4. The number of nitrogens with zero attached hydrogens (tertiary/aromatic N) is 3. The predicted octanol–water partition coefficient (Wildman–Crippen LogP) is 1.17. The molecule has 14 heavy (non-hydrogen) atoms. The minimum Gasteiger partial charge on any atom is -0.464 e. The van der Waals surface area contributed by atoms with E-state index in [2.05, 4.69) is 14.7 Å². The number of fused-ring (bicyclic) bond motifs is 1. The molecule has 0 spiro atoms. The molecule has 2 aromatic rings. The van der Waals surface area contributed by atoms with Crippen LogP contribution in [0.15, 0.2) is 18.6 Å². The summed E-state index contributed by atoms with van der Waals surface area (Å²) >= 11 is 5.81. The summed E-state index contributed by atoms with van der Waals surface area (Å²) in [5, 5.41) is 0.424. The molecule has 0 radical (unpaired) electrons. The molecule has 0 N–H and O–H groups in total. The zero-order valence-electron chi connectivity index (χ0n) is 7.27. The van der Waals surface area contributed by atoms with Crippen LogP contribution in [0.25, 0.3) is 5.65 Å². The van der Waals surface area contributed by atoms with Crippen molar-refractivity contribution in [2.75, 3.05) is 7.11 Å². The van der Waals surface area contributed by atoms with Crippen LogP contribution in [-0.4, -0.2) is 27.4 Å². The van der Waals surface area contributed by atoms with E-state index >= 15 is 0 Å². The van der Waals surface area contributed by atoms with Crippen molar-refractivity contribution in [2.45, 2.75) is 0 Å². The van der Waals surface area contributed by atoms with Crippen molar-refractivity contribution in [3.05, 3.63) is 29.4 Å². The van der Waals surface area contributed by atoms with Gasteiger partial charge in [-0.1, -0.05) is 11.6 Å². The number of imidazole rings is 1. The fourth-order valence-corrected chi connectivity index (χ4v) is 1.32. The summed E-state index contributed by atoms with van der Waals surface area (Å²) in [6, 6.07) is 0. The summed E-state index contributed by atoms with van der Waals surface area (Å²) < 4.78 is 6.11. The molecule has 0 bridgehead atoms. The first-order valence-corrected chi connectivity index (χ1v) is 4.17. The number of halogens is 1. The maximum absolute atomic E-state index is 11.3. The largest absolute Gasteiger partial charge is 0.464 e. The van der Waals surface area contributed by atoms with Gasteiger partial charge < -0.3 is 4.74 Å². The van der Waals surface area contributed by atoms with Crippen LogP contribution >= 0.6 is 11.6 Å². The number of rotatable bonds is 1. The number of esters is 1. The highest BCUT2D eigenvalue weighted by atomic mass is 35.5. The molecule has 0 aromatic carbocycles. The minimum absolute atomic E-state index is 0.155. The van der Waals surface area contributed by atoms with Crippen molar-refractivity contribution in [3.63, 3.8) is 0 Å². The van der Waals surface area contributed by atoms with E-state index in [-0.39, 0.29) is 5.69 Å². The van der Waals surface area contributed by atoms with E-state index in [0.717, 1.165) is 0 Å². The van der Waals surface area contributed by atoms with Gasteiger partial charge in [0.1, 0.15) is 5.15 Å². The van der Waals surface area contributed by atoms with Crippen molar-refractivity contribution in [3.8, 4) is 0 Å². The monoisotopic (exact) mass is 211 g/mol. The molecule has 0 fully saturated rings. The topological polar surface area (TPSA) is 56.5 Å². The van der Waals surface area contributed by atoms with E-state index in [4.69, 9.17) is 11.6 Å². The molecule has 0 aliphatic rings. The van der Waals surface area contributed by atoms with Crippen LogP contribution in [0.3, 0.4) is 0 Å². The zero-order valence-corrected chi connectivity index (χ0v) is 8.02. The average Bonchev–Trinajstić information content (AvgIpc) is 2.59. The lowest BCUT2D eigenvalue weighted by Gasteiger charge is -1.99. The Labute approximate surface area is 84.3 Å². The molecule has 5 nitrogen and oxygen atoms in total. The summed E-state index contributed by atoms with van der Waals surface area (Å²) in [6.07, 6.45) is 4.54. The Kier molecular flexibility index (Phi) is 2.09. The van der Waals surface area contributed by atoms with E-state index < -0.39 is 5.97 Å². The van der Waals surface area contributed by atoms with E-state index in [1.807, 2.05) is 0 Å². The molecule has 0 saturated heterocycles. The van der Waals surface area contributed by atoms with Crippen LogP contribution in [0, 0.1) is 0 Å². The van der Waals surface area contributed by atoms with Crippen molar-refractivity contribution < 1.29 is 9.53 Å². The number of methoxy groups -OCH3 is 1. The zero-order chi connectivity index (χ0) is 10.1. The van der Waals surface area contributed by atoms with Gasteiger partial charge in [0.2, 0.25) is 0 Å². The summed E-state index contributed by atoms with van der Waals surface area (Å²) in [5.41, 5.74) is 0.547. The first-order chi connectivity index (χ1) is 6.74. The van der Waals surface area contributed by atoms with Crippen molar-refractivity contribution in [1.82, 2.24) is 14.4 Å². The molecule has 72 valence electrons. The average molecular weight is 212 g/mol. The SMILES string of the molecule is COC(=O)c1nccn2c(Cl)cnc12. The van der Waals surface area contributed by atoms with Crippen LogP contribution in [0.4, 0.5) is 0 Å². The Morgan fingerprint density at radius 2 is 2.36 bits per heavy atom. The van der Waals surface area contributed by atoms with Crippen LogP contribution in [0.5, 0.6) is 0 Å². The quantitative estimate of drug-likeness (QED) is 0.665. The highest BCUT2D eigenvalue weighted by Gasteiger charge is 2.14. The molecule has 0 aliphatic carbocycles. The Morgan fingerprint density at radius 3 is 3.07 bits per heavy atom. The van der Waals surface area contributed by atoms with Gasteiger partial charge in [-0.05, 0) is 0 Å². The fraction of sp³-hybridized carbons (Fsp3) is 0.125. The summed E-state index contributed by atoms with van der Waals surface area (Å²) in [4.78, 5) is 19.1. The van der Waals surface area contributed by atoms with Crippen molar-refractivity contribution >= 4 is 23.2 Å². The molecule has 2 heterocycles. The van der Waals surface area contributed by atoms with Gasteiger partial charge in [0.15, 0.2) is 11.3 Å². The maximum Gasteiger partial charge on any atom is 0.360 e. The lowest BCUT2D eigenvalue weighted by Crippen LogP contribution is -2.06. The molecular weight excluding hydrogens is 206 g/mol. The second-order valence-corrected chi connectivity index (χ2v) is 2.93. The van der Waals surface area contributed by atoms with Crippen molar-refractivity contribution in [2.24, 2.45) is 0 Å². The first kappa shape index (κ1) is 8.96. The van der Waals surface area contributed by atoms with Gasteiger partial charge >= 0.3 is 5.97 Å². The number of ether oxygens (including phenoxy) is 1. The Balaban J connectivity index is 2.71. The van der Waals surface area contributed by atoms with Gasteiger partial charge in [0, 0.05) is 12.4 Å². The van der Waals surface area contributed by atoms with Crippen LogP contribution in [0.2, 0.25) is 5.15 Å². The fourth-order valence-electron chi connectivity index (χ4n) is 1.13. The number of carbonyl (C=O) groups is 1. The van der Waals surface area contributed by atoms with Gasteiger partial charge in [0.25, 0.3) is 0 Å². The van der Waals surface area contributed by atoms with Crippen LogP contribution in [0.1, 0.15) is 10.5 Å². The first-order valence-electron chi connectivity index (χ1n) is 3.80. The smallest absolute Gasteiger partial charge is 0.360 e. The molecule has 0 atom stereocenters. The van der Waals surface area contributed by atoms with Gasteiger partial charge in [-0.25, -0.2) is 14.8 Å². The van der Waals surface area contributed by atoms with E-state index in [9.17, 15) is 4.79 Å². The van der Waals surface area contributed by atoms with Crippen LogP contribution < -0.4 is 0 Å². The third-order valence-electron chi connectivity index (χ3n) is 1.76. The number of hydrogen-bond donors (Lipinski definition) is 0.